The van der Waals surface area contributed by atoms with Crippen molar-refractivity contribution in [1.82, 2.24) is 0 Å². The van der Waals surface area contributed by atoms with E-state index < -0.39 is 42.3 Å². The van der Waals surface area contributed by atoms with Gasteiger partial charge in [0.15, 0.2) is 6.29 Å². The van der Waals surface area contributed by atoms with Crippen LogP contribution in [-0.4, -0.2) is 93.1 Å². The number of esters is 2. The average molecular weight is 683 g/mol. The zero-order chi connectivity index (χ0) is 34.7. The minimum atomic E-state index is -1.54. The summed E-state index contributed by atoms with van der Waals surface area (Å²) in [4.78, 5) is 24.2. The van der Waals surface area contributed by atoms with Crippen molar-refractivity contribution in [2.75, 3.05) is 13.2 Å². The molecule has 2 aliphatic heterocycles. The molecule has 1 aromatic rings. The van der Waals surface area contributed by atoms with Gasteiger partial charge < -0.3 is 44.5 Å². The molecule has 13 unspecified atom stereocenters. The fraction of sp³-hybridized carbons (Fsp3) is 0.684. The number of fused-ring (bicyclic) bond motifs is 5. The Kier molecular flexibility index (Phi) is 9.24. The SMILES string of the molecule is CC12CCC(OC3OC(COC(=O)C=Cc4ccc(O)cc4)C(O)C(O)C3O)CC1CCC1C2CCC2(C)C(C3=CC(=O)OC3)CCC12O. The first-order valence-electron chi connectivity index (χ1n) is 17.9. The highest BCUT2D eigenvalue weighted by atomic mass is 16.7. The Hall–Kier alpha value is -2.80. The van der Waals surface area contributed by atoms with Crippen LogP contribution in [0.2, 0.25) is 0 Å². The van der Waals surface area contributed by atoms with Crippen LogP contribution < -0.4 is 0 Å². The van der Waals surface area contributed by atoms with E-state index in [9.17, 15) is 35.1 Å². The number of aromatic hydroxyl groups is 1. The number of aliphatic hydroxyl groups is 4. The predicted octanol–water partition coefficient (Wildman–Crippen LogP) is 3.40. The van der Waals surface area contributed by atoms with E-state index in [0.29, 0.717) is 24.0 Å². The molecular weight excluding hydrogens is 632 g/mol. The van der Waals surface area contributed by atoms with Gasteiger partial charge in [0.25, 0.3) is 0 Å². The van der Waals surface area contributed by atoms with E-state index >= 15 is 0 Å². The second-order valence-corrected chi connectivity index (χ2v) is 15.9. The van der Waals surface area contributed by atoms with Crippen molar-refractivity contribution in [3.05, 3.63) is 47.6 Å². The van der Waals surface area contributed by atoms with Crippen molar-refractivity contribution in [3.8, 4) is 5.75 Å². The largest absolute Gasteiger partial charge is 0.508 e. The third kappa shape index (κ3) is 6.04. The van der Waals surface area contributed by atoms with Gasteiger partial charge in [0, 0.05) is 17.6 Å². The van der Waals surface area contributed by atoms with Gasteiger partial charge in [0.05, 0.1) is 11.7 Å². The van der Waals surface area contributed by atoms with Gasteiger partial charge in [-0.25, -0.2) is 9.59 Å². The molecule has 268 valence electrons. The molecule has 4 aliphatic carbocycles. The summed E-state index contributed by atoms with van der Waals surface area (Å²) in [6.45, 7) is 4.60. The van der Waals surface area contributed by atoms with Crippen LogP contribution >= 0.6 is 0 Å². The summed E-state index contributed by atoms with van der Waals surface area (Å²) in [7, 11) is 0. The van der Waals surface area contributed by atoms with Gasteiger partial charge in [-0.3, -0.25) is 0 Å². The van der Waals surface area contributed by atoms with E-state index in [1.807, 2.05) is 0 Å². The Balaban J connectivity index is 0.965. The lowest BCUT2D eigenvalue weighted by Gasteiger charge is -2.64. The lowest BCUT2D eigenvalue weighted by atomic mass is 9.43. The molecule has 1 saturated heterocycles. The summed E-state index contributed by atoms with van der Waals surface area (Å²) >= 11 is 0. The summed E-state index contributed by atoms with van der Waals surface area (Å²) in [5.41, 5.74) is 0.669. The van der Waals surface area contributed by atoms with E-state index in [-0.39, 0.29) is 47.1 Å². The number of hydrogen-bond acceptors (Lipinski definition) is 11. The Bertz CT molecular complexity index is 1470. The number of aliphatic hydroxyl groups excluding tert-OH is 3. The monoisotopic (exact) mass is 682 g/mol. The molecule has 7 rings (SSSR count). The third-order valence-corrected chi connectivity index (χ3v) is 13.6. The van der Waals surface area contributed by atoms with Crippen LogP contribution in [0.5, 0.6) is 5.75 Å². The minimum Gasteiger partial charge on any atom is -0.508 e. The zero-order valence-electron chi connectivity index (χ0n) is 28.3. The molecule has 13 atom stereocenters. The maximum absolute atomic E-state index is 12.5. The van der Waals surface area contributed by atoms with Crippen LogP contribution in [0.4, 0.5) is 0 Å². The normalized spacial score (nSPS) is 44.9. The van der Waals surface area contributed by atoms with Gasteiger partial charge in [0.1, 0.15) is 43.4 Å². The predicted molar refractivity (Wildman–Crippen MR) is 175 cm³/mol. The first-order valence-corrected chi connectivity index (χ1v) is 17.9. The quantitative estimate of drug-likeness (QED) is 0.162. The van der Waals surface area contributed by atoms with E-state index in [0.717, 1.165) is 63.4 Å². The summed E-state index contributed by atoms with van der Waals surface area (Å²) in [5.74, 6) is 0.229. The maximum Gasteiger partial charge on any atom is 0.331 e. The van der Waals surface area contributed by atoms with Crippen molar-refractivity contribution >= 4 is 18.0 Å². The third-order valence-electron chi connectivity index (χ3n) is 13.6. The molecule has 0 aromatic heterocycles. The van der Waals surface area contributed by atoms with Crippen LogP contribution in [0.3, 0.4) is 0 Å². The Morgan fingerprint density at radius 2 is 1.73 bits per heavy atom. The Labute approximate surface area is 286 Å². The molecule has 11 heteroatoms. The number of benzene rings is 1. The summed E-state index contributed by atoms with van der Waals surface area (Å²) in [5, 5.41) is 54.0. The minimum absolute atomic E-state index is 0.0236. The number of cyclic esters (lactones) is 1. The van der Waals surface area contributed by atoms with Crippen molar-refractivity contribution in [3.63, 3.8) is 0 Å². The van der Waals surface area contributed by atoms with Crippen LogP contribution in [0.15, 0.2) is 42.0 Å². The molecule has 1 aromatic carbocycles. The fourth-order valence-corrected chi connectivity index (χ4v) is 10.8. The maximum atomic E-state index is 12.5. The molecule has 0 amide bonds. The summed E-state index contributed by atoms with van der Waals surface area (Å²) in [6.07, 6.45) is 5.17. The first kappa shape index (κ1) is 34.6. The number of carbonyl (C=O) groups is 2. The van der Waals surface area contributed by atoms with Crippen molar-refractivity contribution in [1.29, 1.82) is 0 Å². The molecule has 0 spiro atoms. The van der Waals surface area contributed by atoms with Gasteiger partial charge in [-0.05, 0) is 116 Å². The number of hydrogen-bond donors (Lipinski definition) is 5. The van der Waals surface area contributed by atoms with Gasteiger partial charge in [-0.2, -0.15) is 0 Å². The first-order chi connectivity index (χ1) is 23.3. The fourth-order valence-electron chi connectivity index (χ4n) is 10.8. The second-order valence-electron chi connectivity index (χ2n) is 15.9. The molecule has 4 saturated carbocycles. The van der Waals surface area contributed by atoms with Crippen LogP contribution in [-0.2, 0) is 28.5 Å². The summed E-state index contributed by atoms with van der Waals surface area (Å²) < 4.78 is 22.8. The van der Waals surface area contributed by atoms with E-state index in [1.54, 1.807) is 18.2 Å². The van der Waals surface area contributed by atoms with E-state index in [2.05, 4.69) is 13.8 Å². The topological polar surface area (TPSA) is 172 Å². The van der Waals surface area contributed by atoms with Gasteiger partial charge in [-0.1, -0.05) is 26.0 Å². The molecule has 5 N–H and O–H groups in total. The van der Waals surface area contributed by atoms with Crippen molar-refractivity contribution in [2.24, 2.45) is 34.5 Å². The molecule has 6 aliphatic rings. The molecule has 0 bridgehead atoms. The molecule has 5 fully saturated rings. The molecule has 2 heterocycles. The van der Waals surface area contributed by atoms with Crippen molar-refractivity contribution in [2.45, 2.75) is 114 Å². The van der Waals surface area contributed by atoms with Crippen molar-refractivity contribution < 1.29 is 54.1 Å². The standard InChI is InChI=1S/C38H50O11/c1-36-14-11-25(48-35-34(44)33(43)32(42)29(49-35)20-47-30(40)10-5-21-3-7-24(39)8-4-21)18-23(36)6-9-28-27(36)12-15-37(2)26(13-16-38(28,37)45)22-17-31(41)46-19-22/h3-5,7-8,10,17,23,25-29,32-35,39,42-45H,6,9,11-16,18-20H2,1-2H3. The number of carbonyl (C=O) groups excluding carboxylic acids is 2. The lowest BCUT2D eigenvalue weighted by molar-refractivity contribution is -0.317. The Morgan fingerprint density at radius 1 is 0.959 bits per heavy atom. The highest BCUT2D eigenvalue weighted by molar-refractivity contribution is 5.87. The van der Waals surface area contributed by atoms with E-state index in [4.69, 9.17) is 18.9 Å². The van der Waals surface area contributed by atoms with Crippen LogP contribution in [0.25, 0.3) is 6.08 Å². The highest BCUT2D eigenvalue weighted by Crippen LogP contribution is 2.70. The zero-order valence-corrected chi connectivity index (χ0v) is 28.3. The molecule has 0 radical (unpaired) electrons. The number of phenols is 1. The highest BCUT2D eigenvalue weighted by Gasteiger charge is 2.67. The van der Waals surface area contributed by atoms with Gasteiger partial charge in [-0.15, -0.1) is 0 Å². The molecule has 49 heavy (non-hydrogen) atoms. The number of rotatable bonds is 7. The summed E-state index contributed by atoms with van der Waals surface area (Å²) in [6, 6.07) is 6.28. The van der Waals surface area contributed by atoms with E-state index in [1.165, 1.54) is 24.3 Å². The number of ether oxygens (including phenoxy) is 4. The smallest absolute Gasteiger partial charge is 0.331 e. The Morgan fingerprint density at radius 3 is 2.47 bits per heavy atom. The van der Waals surface area contributed by atoms with Gasteiger partial charge >= 0.3 is 11.9 Å². The number of phenolic OH excluding ortho intramolecular Hbond substituents is 1. The molecule has 11 nitrogen and oxygen atoms in total. The molecular formula is C38H50O11. The van der Waals surface area contributed by atoms with Crippen LogP contribution in [0.1, 0.15) is 77.2 Å². The average Bonchev–Trinajstić information content (AvgIpc) is 3.63. The second kappa shape index (κ2) is 13.1. The van der Waals surface area contributed by atoms with Gasteiger partial charge in [0.2, 0.25) is 0 Å². The lowest BCUT2D eigenvalue weighted by Crippen LogP contribution is -2.63. The van der Waals surface area contributed by atoms with Crippen LogP contribution in [0, 0.1) is 34.5 Å².